The van der Waals surface area contributed by atoms with Crippen LogP contribution >= 0.6 is 0 Å². The van der Waals surface area contributed by atoms with Gasteiger partial charge in [-0.15, -0.1) is 0 Å². The van der Waals surface area contributed by atoms with Crippen molar-refractivity contribution in [3.8, 4) is 0 Å². The van der Waals surface area contributed by atoms with E-state index in [1.807, 2.05) is 0 Å². The predicted molar refractivity (Wildman–Crippen MR) is 30.8 cm³/mol. The van der Waals surface area contributed by atoms with Crippen LogP contribution in [0.25, 0.3) is 0 Å². The van der Waals surface area contributed by atoms with Crippen LogP contribution in [0, 0.1) is 0 Å². The third-order valence-electron chi connectivity index (χ3n) is 1.19. The minimum Gasteiger partial charge on any atom is -0.377 e. The summed E-state index contributed by atoms with van der Waals surface area (Å²) in [5, 5.41) is 0. The molecule has 0 aromatic heterocycles. The maximum Gasteiger partial charge on any atom is 0.267 e. The van der Waals surface area contributed by atoms with E-state index in [0.717, 1.165) is 6.42 Å². The summed E-state index contributed by atoms with van der Waals surface area (Å²) in [4.78, 5) is 0. The summed E-state index contributed by atoms with van der Waals surface area (Å²) in [7, 11) is -3.81. The summed E-state index contributed by atoms with van der Waals surface area (Å²) < 4.78 is 33.2. The topological polar surface area (TPSA) is 63.6 Å². The fraction of sp³-hybridized carbons (Fsp3) is 1.00. The van der Waals surface area contributed by atoms with Crippen molar-refractivity contribution in [2.75, 3.05) is 12.4 Å². The molecule has 1 unspecified atom stereocenters. The van der Waals surface area contributed by atoms with Gasteiger partial charge in [-0.1, -0.05) is 0 Å². The lowest BCUT2D eigenvalue weighted by atomic mass is 10.2. The molecule has 0 aromatic carbocycles. The molecule has 0 aliphatic carbocycles. The van der Waals surface area contributed by atoms with E-state index in [0.29, 0.717) is 6.61 Å². The Bertz CT molecular complexity index is 179. The van der Waals surface area contributed by atoms with E-state index in [2.05, 4.69) is 0 Å². The smallest absolute Gasteiger partial charge is 0.267 e. The van der Waals surface area contributed by atoms with Crippen LogP contribution in [0.1, 0.15) is 6.42 Å². The lowest BCUT2D eigenvalue weighted by molar-refractivity contribution is -0.0359. The first kappa shape index (κ1) is 6.98. The lowest BCUT2D eigenvalue weighted by Crippen LogP contribution is -2.33. The zero-order valence-electron chi connectivity index (χ0n) is 4.78. The zero-order valence-corrected chi connectivity index (χ0v) is 5.60. The predicted octanol–water partition coefficient (Wildman–Crippen LogP) is -0.337. The monoisotopic (exact) mass is 152 g/mol. The Hall–Kier alpha value is -0.130. The molecule has 54 valence electrons. The first-order valence-corrected chi connectivity index (χ1v) is 4.25. The number of ether oxygens (including phenoxy) is 1. The van der Waals surface area contributed by atoms with Crippen molar-refractivity contribution >= 4 is 10.1 Å². The minimum atomic E-state index is -3.81. The van der Waals surface area contributed by atoms with Gasteiger partial charge in [-0.3, -0.25) is 4.55 Å². The van der Waals surface area contributed by atoms with Gasteiger partial charge in [-0.2, -0.15) is 8.42 Å². The van der Waals surface area contributed by atoms with Crippen LogP contribution in [-0.4, -0.2) is 31.4 Å². The van der Waals surface area contributed by atoms with E-state index < -0.39 is 10.1 Å². The average molecular weight is 152 g/mol. The maximum atomic E-state index is 10.1. The van der Waals surface area contributed by atoms with E-state index in [1.165, 1.54) is 0 Å². The molecule has 0 bridgehead atoms. The molecule has 1 saturated heterocycles. The summed E-state index contributed by atoms with van der Waals surface area (Å²) in [6, 6.07) is 0. The van der Waals surface area contributed by atoms with Crippen LogP contribution in [0.2, 0.25) is 0 Å². The highest BCUT2D eigenvalue weighted by Crippen LogP contribution is 2.11. The highest BCUT2D eigenvalue weighted by Gasteiger charge is 2.23. The molecule has 9 heavy (non-hydrogen) atoms. The van der Waals surface area contributed by atoms with Crippen LogP contribution in [-0.2, 0) is 14.9 Å². The Kier molecular flexibility index (Phi) is 1.74. The van der Waals surface area contributed by atoms with Gasteiger partial charge in [0.05, 0.1) is 6.10 Å². The van der Waals surface area contributed by atoms with Gasteiger partial charge in [0, 0.05) is 6.61 Å². The SMILES string of the molecule is O=S(=O)(O)CC1CCO1. The summed E-state index contributed by atoms with van der Waals surface area (Å²) in [5.74, 6) is -0.257. The van der Waals surface area contributed by atoms with Gasteiger partial charge >= 0.3 is 0 Å². The zero-order chi connectivity index (χ0) is 6.91. The van der Waals surface area contributed by atoms with Crippen LogP contribution < -0.4 is 0 Å². The summed E-state index contributed by atoms with van der Waals surface area (Å²) >= 11 is 0. The van der Waals surface area contributed by atoms with Gasteiger partial charge in [0.25, 0.3) is 10.1 Å². The molecule has 0 saturated carbocycles. The fourth-order valence-corrected chi connectivity index (χ4v) is 1.38. The Balaban J connectivity index is 2.33. The van der Waals surface area contributed by atoms with Crippen molar-refractivity contribution in [2.45, 2.75) is 12.5 Å². The molecule has 1 rings (SSSR count). The second-order valence-corrected chi connectivity index (χ2v) is 3.53. The quantitative estimate of drug-likeness (QED) is 0.550. The number of hydrogen-bond acceptors (Lipinski definition) is 3. The Morgan fingerprint density at radius 2 is 2.22 bits per heavy atom. The molecule has 1 aliphatic rings. The minimum absolute atomic E-state index is 0.257. The van der Waals surface area contributed by atoms with E-state index >= 15 is 0 Å². The molecule has 1 fully saturated rings. The molecule has 1 N–H and O–H groups in total. The molecule has 5 heteroatoms. The lowest BCUT2D eigenvalue weighted by Gasteiger charge is -2.24. The van der Waals surface area contributed by atoms with Gasteiger partial charge in [0.1, 0.15) is 5.75 Å². The molecule has 0 radical (unpaired) electrons. The summed E-state index contributed by atoms with van der Waals surface area (Å²) in [5.41, 5.74) is 0. The largest absolute Gasteiger partial charge is 0.377 e. The second kappa shape index (κ2) is 2.24. The maximum absolute atomic E-state index is 10.1. The molecular formula is C4H8O4S. The molecule has 4 nitrogen and oxygen atoms in total. The molecular weight excluding hydrogens is 144 g/mol. The first-order valence-electron chi connectivity index (χ1n) is 2.65. The van der Waals surface area contributed by atoms with Gasteiger partial charge in [0.15, 0.2) is 0 Å². The molecule has 0 amide bonds. The van der Waals surface area contributed by atoms with Crippen LogP contribution in [0.3, 0.4) is 0 Å². The third kappa shape index (κ3) is 2.30. The Morgan fingerprint density at radius 3 is 2.33 bits per heavy atom. The van der Waals surface area contributed by atoms with Crippen molar-refractivity contribution < 1.29 is 17.7 Å². The number of hydrogen-bond donors (Lipinski definition) is 1. The van der Waals surface area contributed by atoms with Gasteiger partial charge in [-0.25, -0.2) is 0 Å². The molecule has 1 atom stereocenters. The first-order chi connectivity index (χ1) is 4.08. The van der Waals surface area contributed by atoms with Gasteiger partial charge in [-0.05, 0) is 6.42 Å². The van der Waals surface area contributed by atoms with Crippen molar-refractivity contribution in [1.29, 1.82) is 0 Å². The normalized spacial score (nSPS) is 27.4. The molecule has 0 aromatic rings. The average Bonchev–Trinajstić information content (AvgIpc) is 1.53. The highest BCUT2D eigenvalue weighted by molar-refractivity contribution is 7.85. The van der Waals surface area contributed by atoms with Gasteiger partial charge < -0.3 is 4.74 Å². The Labute approximate surface area is 53.6 Å². The van der Waals surface area contributed by atoms with Crippen molar-refractivity contribution in [1.82, 2.24) is 0 Å². The summed E-state index contributed by atoms with van der Waals surface area (Å²) in [6.45, 7) is 0.611. The third-order valence-corrected chi connectivity index (χ3v) is 1.98. The van der Waals surface area contributed by atoms with Crippen LogP contribution in [0.5, 0.6) is 0 Å². The molecule has 1 aliphatic heterocycles. The van der Waals surface area contributed by atoms with E-state index in [9.17, 15) is 8.42 Å². The number of rotatable bonds is 2. The van der Waals surface area contributed by atoms with Crippen molar-refractivity contribution in [3.05, 3.63) is 0 Å². The highest BCUT2D eigenvalue weighted by atomic mass is 32.2. The molecule has 1 heterocycles. The van der Waals surface area contributed by atoms with E-state index in [4.69, 9.17) is 9.29 Å². The second-order valence-electron chi connectivity index (χ2n) is 2.03. The van der Waals surface area contributed by atoms with Crippen LogP contribution in [0.4, 0.5) is 0 Å². The van der Waals surface area contributed by atoms with Crippen molar-refractivity contribution in [3.63, 3.8) is 0 Å². The summed E-state index contributed by atoms with van der Waals surface area (Å²) in [6.07, 6.45) is 0.472. The van der Waals surface area contributed by atoms with E-state index in [-0.39, 0.29) is 11.9 Å². The Morgan fingerprint density at radius 1 is 1.67 bits per heavy atom. The molecule has 0 spiro atoms. The standard InChI is InChI=1S/C4H8O4S/c5-9(6,7)3-4-1-2-8-4/h4H,1-3H2,(H,5,6,7). The van der Waals surface area contributed by atoms with Gasteiger partial charge in [0.2, 0.25) is 0 Å². The fourth-order valence-electron chi connectivity index (χ4n) is 0.651. The van der Waals surface area contributed by atoms with Crippen molar-refractivity contribution in [2.24, 2.45) is 0 Å². The van der Waals surface area contributed by atoms with Crippen LogP contribution in [0.15, 0.2) is 0 Å². The van der Waals surface area contributed by atoms with E-state index in [1.54, 1.807) is 0 Å².